The van der Waals surface area contributed by atoms with Gasteiger partial charge in [-0.25, -0.2) is 0 Å². The van der Waals surface area contributed by atoms with Crippen molar-refractivity contribution in [1.82, 2.24) is 16.2 Å². The van der Waals surface area contributed by atoms with Crippen LogP contribution in [0.5, 0.6) is 11.5 Å². The summed E-state index contributed by atoms with van der Waals surface area (Å²) in [4.78, 5) is 38.9. The first-order chi connectivity index (χ1) is 16.7. The minimum atomic E-state index is -0.827. The summed E-state index contributed by atoms with van der Waals surface area (Å²) < 4.78 is 11.1. The van der Waals surface area contributed by atoms with Crippen LogP contribution in [-0.4, -0.2) is 36.5 Å². The van der Waals surface area contributed by atoms with Crippen LogP contribution in [0.1, 0.15) is 66.2 Å². The SMILES string of the molecule is CCOc1ccc(O[C@@H](C)C(=O)NNC(=O)[C@H](NC(=O)C23CC4CC(CC(C4)C2)C3)C(C)C)cc1. The Morgan fingerprint density at radius 2 is 1.40 bits per heavy atom. The fourth-order valence-corrected chi connectivity index (χ4v) is 6.56. The molecule has 4 saturated carbocycles. The van der Waals surface area contributed by atoms with E-state index in [0.29, 0.717) is 30.1 Å². The van der Waals surface area contributed by atoms with Gasteiger partial charge in [0, 0.05) is 5.41 Å². The van der Waals surface area contributed by atoms with Crippen molar-refractivity contribution in [3.63, 3.8) is 0 Å². The molecule has 3 amide bonds. The highest BCUT2D eigenvalue weighted by Crippen LogP contribution is 2.60. The van der Waals surface area contributed by atoms with Gasteiger partial charge < -0.3 is 14.8 Å². The molecule has 8 heteroatoms. The molecule has 0 aromatic heterocycles. The minimum absolute atomic E-state index is 0.00368. The summed E-state index contributed by atoms with van der Waals surface area (Å²) in [6, 6.07) is 6.26. The first kappa shape index (κ1) is 25.3. The molecule has 35 heavy (non-hydrogen) atoms. The molecule has 4 fully saturated rings. The molecule has 5 rings (SSSR count). The summed E-state index contributed by atoms with van der Waals surface area (Å²) in [5.41, 5.74) is 4.59. The molecule has 4 bridgehead atoms. The smallest absolute Gasteiger partial charge is 0.279 e. The highest BCUT2D eigenvalue weighted by Gasteiger charge is 2.55. The summed E-state index contributed by atoms with van der Waals surface area (Å²) >= 11 is 0. The Morgan fingerprint density at radius 1 is 0.886 bits per heavy atom. The normalized spacial score (nSPS) is 28.2. The quantitative estimate of drug-likeness (QED) is 0.465. The average molecular weight is 486 g/mol. The van der Waals surface area contributed by atoms with Gasteiger partial charge in [-0.2, -0.15) is 0 Å². The minimum Gasteiger partial charge on any atom is -0.494 e. The van der Waals surface area contributed by atoms with E-state index in [-0.39, 0.29) is 17.2 Å². The molecule has 0 heterocycles. The summed E-state index contributed by atoms with van der Waals surface area (Å²) in [5.74, 6) is 2.15. The Balaban J connectivity index is 1.29. The zero-order chi connectivity index (χ0) is 25.2. The lowest BCUT2D eigenvalue weighted by Crippen LogP contribution is -2.60. The van der Waals surface area contributed by atoms with Crippen molar-refractivity contribution < 1.29 is 23.9 Å². The van der Waals surface area contributed by atoms with Crippen molar-refractivity contribution in [2.24, 2.45) is 29.1 Å². The molecule has 192 valence electrons. The Bertz CT molecular complexity index is 894. The van der Waals surface area contributed by atoms with Crippen LogP contribution in [0.4, 0.5) is 0 Å². The van der Waals surface area contributed by atoms with Gasteiger partial charge in [0.15, 0.2) is 6.10 Å². The number of amides is 3. The molecule has 4 aliphatic carbocycles. The maximum atomic E-state index is 13.4. The Hall–Kier alpha value is -2.77. The number of carbonyl (C=O) groups is 3. The fraction of sp³-hybridized carbons (Fsp3) is 0.667. The molecule has 8 nitrogen and oxygen atoms in total. The molecule has 3 N–H and O–H groups in total. The van der Waals surface area contributed by atoms with Crippen LogP contribution >= 0.6 is 0 Å². The second-order valence-electron chi connectivity index (χ2n) is 11.0. The highest BCUT2D eigenvalue weighted by atomic mass is 16.5. The summed E-state index contributed by atoms with van der Waals surface area (Å²) in [5, 5.41) is 3.04. The number of carbonyl (C=O) groups excluding carboxylic acids is 3. The van der Waals surface area contributed by atoms with Crippen molar-refractivity contribution in [2.75, 3.05) is 6.61 Å². The van der Waals surface area contributed by atoms with Crippen molar-refractivity contribution in [3.05, 3.63) is 24.3 Å². The third-order valence-electron chi connectivity index (χ3n) is 7.88. The third kappa shape index (κ3) is 5.73. The van der Waals surface area contributed by atoms with Gasteiger partial charge in [-0.05, 0) is 100 Å². The fourth-order valence-electron chi connectivity index (χ4n) is 6.56. The lowest BCUT2D eigenvalue weighted by atomic mass is 9.49. The van der Waals surface area contributed by atoms with Crippen LogP contribution < -0.4 is 25.6 Å². The van der Waals surface area contributed by atoms with Gasteiger partial charge in [-0.1, -0.05) is 13.8 Å². The zero-order valence-electron chi connectivity index (χ0n) is 21.3. The van der Waals surface area contributed by atoms with Crippen molar-refractivity contribution in [1.29, 1.82) is 0 Å². The topological polar surface area (TPSA) is 106 Å². The molecule has 2 atom stereocenters. The Kier molecular flexibility index (Phi) is 7.57. The number of ether oxygens (including phenoxy) is 2. The van der Waals surface area contributed by atoms with Gasteiger partial charge >= 0.3 is 0 Å². The van der Waals surface area contributed by atoms with Gasteiger partial charge in [0.25, 0.3) is 11.8 Å². The standard InChI is InChI=1S/C27H39N3O5/c1-5-34-21-6-8-22(9-7-21)35-17(4)24(31)29-30-25(32)23(16(2)3)28-26(33)27-13-18-10-19(14-27)12-20(11-18)15-27/h6-9,16-20,23H,5,10-15H2,1-4H3,(H,28,33)(H,29,31)(H,30,32)/t17-,18?,19?,20?,23+,27?/m0/s1. The highest BCUT2D eigenvalue weighted by molar-refractivity contribution is 5.92. The lowest BCUT2D eigenvalue weighted by Gasteiger charge is -2.55. The van der Waals surface area contributed by atoms with E-state index in [2.05, 4.69) is 16.2 Å². The predicted octanol–water partition coefficient (Wildman–Crippen LogP) is 3.36. The van der Waals surface area contributed by atoms with Gasteiger partial charge in [-0.3, -0.25) is 25.2 Å². The number of hydrazine groups is 1. The zero-order valence-corrected chi connectivity index (χ0v) is 21.3. The summed E-state index contributed by atoms with van der Waals surface area (Å²) in [6.45, 7) is 7.86. The van der Waals surface area contributed by atoms with E-state index < -0.39 is 24.0 Å². The molecule has 1 aromatic rings. The van der Waals surface area contributed by atoms with E-state index in [9.17, 15) is 14.4 Å². The van der Waals surface area contributed by atoms with Crippen LogP contribution in [0.25, 0.3) is 0 Å². The van der Waals surface area contributed by atoms with Crippen LogP contribution in [-0.2, 0) is 14.4 Å². The third-order valence-corrected chi connectivity index (χ3v) is 7.88. The van der Waals surface area contributed by atoms with Gasteiger partial charge in [-0.15, -0.1) is 0 Å². The number of hydrogen-bond donors (Lipinski definition) is 3. The summed E-state index contributed by atoms with van der Waals surface area (Å²) in [7, 11) is 0. The average Bonchev–Trinajstić information content (AvgIpc) is 2.81. The van der Waals surface area contributed by atoms with E-state index in [1.807, 2.05) is 20.8 Å². The van der Waals surface area contributed by atoms with Crippen LogP contribution in [0, 0.1) is 29.1 Å². The van der Waals surface area contributed by atoms with Gasteiger partial charge in [0.1, 0.15) is 17.5 Å². The van der Waals surface area contributed by atoms with E-state index >= 15 is 0 Å². The second-order valence-corrected chi connectivity index (χ2v) is 11.0. The Labute approximate surface area is 207 Å². The largest absolute Gasteiger partial charge is 0.494 e. The lowest BCUT2D eigenvalue weighted by molar-refractivity contribution is -0.149. The maximum absolute atomic E-state index is 13.4. The number of hydrogen-bond acceptors (Lipinski definition) is 5. The van der Waals surface area contributed by atoms with E-state index in [4.69, 9.17) is 9.47 Å². The first-order valence-corrected chi connectivity index (χ1v) is 13.0. The van der Waals surface area contributed by atoms with Gasteiger partial charge in [0.2, 0.25) is 5.91 Å². The van der Waals surface area contributed by atoms with Crippen LogP contribution in [0.3, 0.4) is 0 Å². The van der Waals surface area contributed by atoms with Crippen LogP contribution in [0.15, 0.2) is 24.3 Å². The molecule has 0 spiro atoms. The molecular weight excluding hydrogens is 446 g/mol. The molecule has 0 saturated heterocycles. The van der Waals surface area contributed by atoms with Crippen molar-refractivity contribution in [3.8, 4) is 11.5 Å². The predicted molar refractivity (Wildman–Crippen MR) is 131 cm³/mol. The van der Waals surface area contributed by atoms with Crippen molar-refractivity contribution in [2.45, 2.75) is 78.4 Å². The number of benzene rings is 1. The monoisotopic (exact) mass is 485 g/mol. The molecular formula is C27H39N3O5. The second kappa shape index (κ2) is 10.5. The van der Waals surface area contributed by atoms with E-state index in [1.165, 1.54) is 19.3 Å². The summed E-state index contributed by atoms with van der Waals surface area (Å²) in [6.07, 6.45) is 5.75. The molecule has 4 aliphatic rings. The number of nitrogens with one attached hydrogen (secondary N) is 3. The molecule has 0 aliphatic heterocycles. The first-order valence-electron chi connectivity index (χ1n) is 13.0. The van der Waals surface area contributed by atoms with Gasteiger partial charge in [0.05, 0.1) is 6.61 Å². The Morgan fingerprint density at radius 3 is 1.91 bits per heavy atom. The van der Waals surface area contributed by atoms with Crippen LogP contribution in [0.2, 0.25) is 0 Å². The van der Waals surface area contributed by atoms with E-state index in [1.54, 1.807) is 31.2 Å². The molecule has 0 unspecified atom stereocenters. The molecule has 1 aromatic carbocycles. The number of rotatable bonds is 9. The molecule has 0 radical (unpaired) electrons. The maximum Gasteiger partial charge on any atom is 0.279 e. The van der Waals surface area contributed by atoms with E-state index in [0.717, 1.165) is 25.0 Å². The van der Waals surface area contributed by atoms with Crippen molar-refractivity contribution >= 4 is 17.7 Å².